The number of unbranched alkanes of at least 4 members (excludes halogenated alkanes) is 7. The van der Waals surface area contributed by atoms with Crippen molar-refractivity contribution in [1.29, 1.82) is 0 Å². The molecule has 0 aromatic heterocycles. The van der Waals surface area contributed by atoms with Crippen LogP contribution in [0.1, 0.15) is 89.5 Å². The maximum absolute atomic E-state index is 12.0. The third kappa shape index (κ3) is 14.5. The van der Waals surface area contributed by atoms with E-state index >= 15 is 0 Å². The largest absolute Gasteiger partial charge is 0.504 e. The molecule has 0 unspecified atom stereocenters. The summed E-state index contributed by atoms with van der Waals surface area (Å²) in [6, 6.07) is 5.12. The highest BCUT2D eigenvalue weighted by Crippen LogP contribution is 2.26. The van der Waals surface area contributed by atoms with Crippen LogP contribution in [0.3, 0.4) is 0 Å². The quantitative estimate of drug-likeness (QED) is 0.184. The number of amides is 1. The first-order chi connectivity index (χ1) is 15.7. The van der Waals surface area contributed by atoms with Gasteiger partial charge >= 0.3 is 0 Å². The molecule has 0 saturated heterocycles. The summed E-state index contributed by atoms with van der Waals surface area (Å²) in [5, 5.41) is 12.5. The molecule has 0 heterocycles. The molecule has 0 aliphatic heterocycles. The molecule has 1 aromatic carbocycles. The van der Waals surface area contributed by atoms with Gasteiger partial charge in [-0.2, -0.15) is 0 Å². The van der Waals surface area contributed by atoms with Gasteiger partial charge in [-0.05, 0) is 56.2 Å². The molecule has 178 valence electrons. The van der Waals surface area contributed by atoms with E-state index in [0.717, 1.165) is 37.7 Å². The van der Waals surface area contributed by atoms with E-state index in [1.165, 1.54) is 45.6 Å². The lowest BCUT2D eigenvalue weighted by Gasteiger charge is -2.08. The molecule has 1 rings (SSSR count). The monoisotopic (exact) mass is 441 g/mol. The van der Waals surface area contributed by atoms with Crippen molar-refractivity contribution in [2.24, 2.45) is 0 Å². The average molecular weight is 442 g/mol. The van der Waals surface area contributed by atoms with Crippen molar-refractivity contribution in [2.75, 3.05) is 7.11 Å². The normalized spacial score (nSPS) is 11.7. The Morgan fingerprint density at radius 1 is 0.906 bits per heavy atom. The number of rotatable bonds is 18. The first kappa shape index (κ1) is 27.5. The number of ether oxygens (including phenoxy) is 1. The van der Waals surface area contributed by atoms with E-state index in [2.05, 4.69) is 48.7 Å². The number of aromatic hydroxyl groups is 1. The zero-order chi connectivity index (χ0) is 23.3. The number of nitrogens with one attached hydrogen (secondary N) is 1. The number of hydrogen-bond donors (Lipinski definition) is 2. The fourth-order valence-corrected chi connectivity index (χ4v) is 3.38. The number of benzene rings is 1. The van der Waals surface area contributed by atoms with Gasteiger partial charge < -0.3 is 15.2 Å². The number of carbonyl (C=O) groups is 1. The van der Waals surface area contributed by atoms with Gasteiger partial charge in [-0.3, -0.25) is 4.79 Å². The number of methoxy groups -OCH3 is 1. The number of phenolic OH excluding ortho intramolecular Hbond substituents is 1. The lowest BCUT2D eigenvalue weighted by atomic mass is 10.1. The van der Waals surface area contributed by atoms with Crippen LogP contribution in [0.25, 0.3) is 0 Å². The molecule has 0 aliphatic rings. The van der Waals surface area contributed by atoms with Crippen LogP contribution < -0.4 is 10.1 Å². The predicted molar refractivity (Wildman–Crippen MR) is 135 cm³/mol. The average Bonchev–Trinajstić information content (AvgIpc) is 2.80. The van der Waals surface area contributed by atoms with E-state index in [1.807, 2.05) is 0 Å². The Labute approximate surface area is 195 Å². The van der Waals surface area contributed by atoms with Gasteiger partial charge in [0.15, 0.2) is 11.5 Å². The zero-order valence-electron chi connectivity index (χ0n) is 20.2. The standard InChI is InChI=1S/C28H43NO3/c1-3-4-5-6-7-8-9-10-11-12-13-14-15-16-17-18-19-20-28(31)29-24-25-21-22-26(30)27(23-25)32-2/h4-5,7-8,10-11,21-23,30H,3,6,9,12-20,24H2,1-2H3,(H,29,31)/b5-4-,8-7-,11-10-. The van der Waals surface area contributed by atoms with Gasteiger partial charge in [-0.15, -0.1) is 0 Å². The van der Waals surface area contributed by atoms with Gasteiger partial charge in [-0.25, -0.2) is 0 Å². The molecule has 4 nitrogen and oxygen atoms in total. The number of allylic oxidation sites excluding steroid dienone is 6. The van der Waals surface area contributed by atoms with Crippen LogP contribution in [0.2, 0.25) is 0 Å². The van der Waals surface area contributed by atoms with Gasteiger partial charge in [0.25, 0.3) is 0 Å². The van der Waals surface area contributed by atoms with Gasteiger partial charge in [0.05, 0.1) is 7.11 Å². The van der Waals surface area contributed by atoms with Crippen molar-refractivity contribution in [3.8, 4) is 11.5 Å². The molecule has 0 radical (unpaired) electrons. The lowest BCUT2D eigenvalue weighted by molar-refractivity contribution is -0.121. The molecule has 1 aromatic rings. The Balaban J connectivity index is 1.92. The molecular formula is C28H43NO3. The van der Waals surface area contributed by atoms with Crippen molar-refractivity contribution in [2.45, 2.75) is 90.5 Å². The van der Waals surface area contributed by atoms with Crippen molar-refractivity contribution >= 4 is 5.91 Å². The first-order valence-corrected chi connectivity index (χ1v) is 12.2. The third-order valence-corrected chi connectivity index (χ3v) is 5.29. The maximum Gasteiger partial charge on any atom is 0.220 e. The highest BCUT2D eigenvalue weighted by atomic mass is 16.5. The number of hydrogen-bond acceptors (Lipinski definition) is 3. The van der Waals surface area contributed by atoms with Crippen LogP contribution in [0.4, 0.5) is 0 Å². The second-order valence-electron chi connectivity index (χ2n) is 8.09. The second-order valence-corrected chi connectivity index (χ2v) is 8.09. The highest BCUT2D eigenvalue weighted by molar-refractivity contribution is 5.75. The van der Waals surface area contributed by atoms with Gasteiger partial charge in [-0.1, -0.05) is 81.6 Å². The SMILES string of the molecule is CC/C=C\C/C=C\C/C=C\CCCCCCCCCC(=O)NCc1ccc(O)c(OC)c1. The van der Waals surface area contributed by atoms with Crippen LogP contribution in [-0.2, 0) is 11.3 Å². The summed E-state index contributed by atoms with van der Waals surface area (Å²) in [4.78, 5) is 12.0. The molecule has 0 bridgehead atoms. The molecule has 0 saturated carbocycles. The van der Waals surface area contributed by atoms with E-state index in [4.69, 9.17) is 4.74 Å². The second kappa shape index (κ2) is 19.2. The third-order valence-electron chi connectivity index (χ3n) is 5.29. The molecule has 2 N–H and O–H groups in total. The van der Waals surface area contributed by atoms with Crippen molar-refractivity contribution in [3.63, 3.8) is 0 Å². The van der Waals surface area contributed by atoms with Crippen LogP contribution in [0.5, 0.6) is 11.5 Å². The minimum atomic E-state index is 0.0797. The number of carbonyl (C=O) groups excluding carboxylic acids is 1. The van der Waals surface area contributed by atoms with Crippen LogP contribution in [0.15, 0.2) is 54.7 Å². The van der Waals surface area contributed by atoms with Gasteiger partial charge in [0.1, 0.15) is 0 Å². The minimum absolute atomic E-state index is 0.0797. The Kier molecular flexibility index (Phi) is 16.5. The smallest absolute Gasteiger partial charge is 0.220 e. The summed E-state index contributed by atoms with van der Waals surface area (Å²) >= 11 is 0. The summed E-state index contributed by atoms with van der Waals surface area (Å²) in [6.45, 7) is 2.61. The van der Waals surface area contributed by atoms with E-state index in [1.54, 1.807) is 18.2 Å². The zero-order valence-corrected chi connectivity index (χ0v) is 20.2. The molecule has 1 amide bonds. The summed E-state index contributed by atoms with van der Waals surface area (Å²) in [7, 11) is 1.52. The maximum atomic E-state index is 12.0. The summed E-state index contributed by atoms with van der Waals surface area (Å²) in [5.74, 6) is 0.616. The molecule has 0 fully saturated rings. The van der Waals surface area contributed by atoms with Crippen LogP contribution in [0, 0.1) is 0 Å². The van der Waals surface area contributed by atoms with Crippen molar-refractivity contribution in [3.05, 3.63) is 60.2 Å². The topological polar surface area (TPSA) is 58.6 Å². The predicted octanol–water partition coefficient (Wildman–Crippen LogP) is 7.39. The van der Waals surface area contributed by atoms with E-state index in [0.29, 0.717) is 18.7 Å². The van der Waals surface area contributed by atoms with Crippen molar-refractivity contribution < 1.29 is 14.6 Å². The Hall–Kier alpha value is -2.49. The summed E-state index contributed by atoms with van der Waals surface area (Å²) in [6.07, 6.45) is 26.8. The Morgan fingerprint density at radius 2 is 1.53 bits per heavy atom. The fourth-order valence-electron chi connectivity index (χ4n) is 3.38. The highest BCUT2D eigenvalue weighted by Gasteiger charge is 2.05. The van der Waals surface area contributed by atoms with E-state index < -0.39 is 0 Å². The van der Waals surface area contributed by atoms with Gasteiger partial charge in [0, 0.05) is 13.0 Å². The first-order valence-electron chi connectivity index (χ1n) is 12.2. The minimum Gasteiger partial charge on any atom is -0.504 e. The molecule has 0 atom stereocenters. The molecule has 0 spiro atoms. The van der Waals surface area contributed by atoms with Crippen LogP contribution in [-0.4, -0.2) is 18.1 Å². The number of phenols is 1. The molecule has 32 heavy (non-hydrogen) atoms. The van der Waals surface area contributed by atoms with Gasteiger partial charge in [0.2, 0.25) is 5.91 Å². The summed E-state index contributed by atoms with van der Waals surface area (Å²) < 4.78 is 5.09. The van der Waals surface area contributed by atoms with E-state index in [9.17, 15) is 9.90 Å². The Morgan fingerprint density at radius 3 is 2.22 bits per heavy atom. The molecule has 4 heteroatoms. The lowest BCUT2D eigenvalue weighted by Crippen LogP contribution is -2.22. The fraction of sp³-hybridized carbons (Fsp3) is 0.536. The van der Waals surface area contributed by atoms with E-state index in [-0.39, 0.29) is 11.7 Å². The van der Waals surface area contributed by atoms with Crippen LogP contribution >= 0.6 is 0 Å². The molecule has 0 aliphatic carbocycles. The molecular weight excluding hydrogens is 398 g/mol. The summed E-state index contributed by atoms with van der Waals surface area (Å²) in [5.41, 5.74) is 0.916. The Bertz CT molecular complexity index is 707. The van der Waals surface area contributed by atoms with Crippen molar-refractivity contribution in [1.82, 2.24) is 5.32 Å².